The molecule has 0 unspecified atom stereocenters. The second-order valence-electron chi connectivity index (χ2n) is 3.75. The van der Waals surface area contributed by atoms with Crippen LogP contribution in [0.4, 0.5) is 0 Å². The first-order valence-electron chi connectivity index (χ1n) is 5.06. The van der Waals surface area contributed by atoms with Crippen LogP contribution in [0.2, 0.25) is 0 Å². The van der Waals surface area contributed by atoms with Crippen LogP contribution in [0.25, 0.3) is 0 Å². The van der Waals surface area contributed by atoms with Crippen LogP contribution < -0.4 is 59.1 Å². The van der Waals surface area contributed by atoms with Crippen molar-refractivity contribution in [3.63, 3.8) is 0 Å². The maximum absolute atomic E-state index is 12.1. The second-order valence-corrected chi connectivity index (χ2v) is 3.75. The molecule has 1 aliphatic rings. The molecule has 1 aliphatic carbocycles. The third-order valence-corrected chi connectivity index (χ3v) is 2.83. The number of carbonyl (C=O) groups excluding carboxylic acids is 2. The molecule has 2 nitrogen and oxygen atoms in total. The molecule has 0 spiro atoms. The van der Waals surface area contributed by atoms with Gasteiger partial charge in [0.05, 0.1) is 0 Å². The Labute approximate surface area is 149 Å². The Morgan fingerprint density at radius 1 is 0.500 bits per heavy atom. The minimum absolute atomic E-state index is 0. The van der Waals surface area contributed by atoms with Crippen LogP contribution in [-0.2, 0) is 0 Å². The molecule has 0 amide bonds. The predicted octanol–water partition coefficient (Wildman–Crippen LogP) is -3.53. The third-order valence-electron chi connectivity index (χ3n) is 2.83. The first-order chi connectivity index (χ1) is 7.79. The van der Waals surface area contributed by atoms with Crippen molar-refractivity contribution in [2.75, 3.05) is 0 Å². The molecule has 0 bridgehead atoms. The van der Waals surface area contributed by atoms with E-state index in [2.05, 4.69) is 0 Å². The summed E-state index contributed by atoms with van der Waals surface area (Å²) < 4.78 is 0. The summed E-state index contributed by atoms with van der Waals surface area (Å²) in [4.78, 5) is 24.2. The van der Waals surface area contributed by atoms with Crippen molar-refractivity contribution >= 4 is 11.6 Å². The van der Waals surface area contributed by atoms with Crippen molar-refractivity contribution in [2.45, 2.75) is 0 Å². The van der Waals surface area contributed by atoms with Gasteiger partial charge >= 0.3 is 59.1 Å². The number of carbonyl (C=O) groups is 2. The van der Waals surface area contributed by atoms with Crippen LogP contribution in [0.5, 0.6) is 0 Å². The molecule has 0 atom stereocenters. The van der Waals surface area contributed by atoms with Crippen molar-refractivity contribution in [1.29, 1.82) is 0 Å². The summed E-state index contributed by atoms with van der Waals surface area (Å²) in [6.07, 6.45) is 0. The van der Waals surface area contributed by atoms with Gasteiger partial charge in [-0.25, -0.2) is 0 Å². The van der Waals surface area contributed by atoms with Crippen molar-refractivity contribution in [3.05, 3.63) is 70.8 Å². The molecule has 3 rings (SSSR count). The van der Waals surface area contributed by atoms with E-state index in [9.17, 15) is 9.59 Å². The second kappa shape index (κ2) is 6.29. The molecule has 0 heterocycles. The van der Waals surface area contributed by atoms with E-state index in [4.69, 9.17) is 0 Å². The zero-order valence-corrected chi connectivity index (χ0v) is 14.4. The van der Waals surface area contributed by atoms with E-state index in [1.807, 2.05) is 0 Å². The largest absolute Gasteiger partial charge is 1.00 e. The van der Waals surface area contributed by atoms with Crippen LogP contribution in [0.15, 0.2) is 48.5 Å². The molecule has 0 N–H and O–H groups in total. The minimum Gasteiger partial charge on any atom is -0.289 e. The molecule has 76 valence electrons. The predicted molar refractivity (Wildman–Crippen MR) is 59.7 cm³/mol. The van der Waals surface area contributed by atoms with E-state index in [1.165, 1.54) is 0 Å². The summed E-state index contributed by atoms with van der Waals surface area (Å²) in [6.45, 7) is 0. The van der Waals surface area contributed by atoms with Crippen molar-refractivity contribution in [1.82, 2.24) is 0 Å². The first kappa shape index (κ1) is 15.8. The van der Waals surface area contributed by atoms with E-state index in [0.29, 0.717) is 22.3 Å². The molecule has 0 fully saturated rings. The number of fused-ring (bicyclic) bond motifs is 2. The van der Waals surface area contributed by atoms with Gasteiger partial charge in [-0.15, -0.1) is 0 Å². The topological polar surface area (TPSA) is 34.1 Å². The summed E-state index contributed by atoms with van der Waals surface area (Å²) in [5.41, 5.74) is 2.02. The van der Waals surface area contributed by atoms with Gasteiger partial charge in [0.15, 0.2) is 11.6 Å². The number of hydrogen-bond acceptors (Lipinski definition) is 2. The average Bonchev–Trinajstić information content (AvgIpc) is 2.36. The summed E-state index contributed by atoms with van der Waals surface area (Å²) in [5.74, 6) is -0.128. The van der Waals surface area contributed by atoms with Crippen LogP contribution in [0.3, 0.4) is 0 Å². The Bertz CT molecular complexity index is 515. The molecule has 0 saturated carbocycles. The van der Waals surface area contributed by atoms with Gasteiger partial charge < -0.3 is 0 Å². The molecular weight excluding hydrogens is 246 g/mol. The van der Waals surface area contributed by atoms with Crippen LogP contribution in [0.1, 0.15) is 31.8 Å². The summed E-state index contributed by atoms with van der Waals surface area (Å²) >= 11 is 0. The van der Waals surface area contributed by atoms with Gasteiger partial charge in [0.2, 0.25) is 0 Å². The van der Waals surface area contributed by atoms with E-state index < -0.39 is 0 Å². The van der Waals surface area contributed by atoms with Gasteiger partial charge in [-0.1, -0.05) is 48.5 Å². The molecule has 0 aromatic heterocycles. The van der Waals surface area contributed by atoms with Gasteiger partial charge in [-0.05, 0) is 0 Å². The Hall–Kier alpha value is -0.220. The van der Waals surface area contributed by atoms with E-state index >= 15 is 0 Å². The molecule has 4 heteroatoms. The Balaban J connectivity index is 0.000000810. The maximum Gasteiger partial charge on any atom is 1.00 e. The third kappa shape index (κ3) is 2.42. The van der Waals surface area contributed by atoms with Crippen LogP contribution in [0, 0.1) is 0 Å². The zero-order chi connectivity index (χ0) is 11.1. The Morgan fingerprint density at radius 2 is 0.722 bits per heavy atom. The van der Waals surface area contributed by atoms with Crippen molar-refractivity contribution in [2.24, 2.45) is 0 Å². The monoisotopic (exact) mass is 254 g/mol. The summed E-state index contributed by atoms with van der Waals surface area (Å²) in [6, 6.07) is 13.9. The molecular formula is C14H8Na2O2+2. The van der Waals surface area contributed by atoms with Gasteiger partial charge in [0.1, 0.15) is 0 Å². The smallest absolute Gasteiger partial charge is 0.289 e. The van der Waals surface area contributed by atoms with Gasteiger partial charge in [0.25, 0.3) is 0 Å². The molecule has 0 aliphatic heterocycles. The van der Waals surface area contributed by atoms with Gasteiger partial charge in [-0.2, -0.15) is 0 Å². The van der Waals surface area contributed by atoms with Crippen molar-refractivity contribution in [3.8, 4) is 0 Å². The molecule has 0 saturated heterocycles. The number of hydrogen-bond donors (Lipinski definition) is 0. The Morgan fingerprint density at radius 3 is 0.944 bits per heavy atom. The van der Waals surface area contributed by atoms with Gasteiger partial charge in [0, 0.05) is 22.3 Å². The summed E-state index contributed by atoms with van der Waals surface area (Å²) in [7, 11) is 0. The number of rotatable bonds is 0. The van der Waals surface area contributed by atoms with Crippen LogP contribution >= 0.6 is 0 Å². The maximum atomic E-state index is 12.1. The number of ketones is 2. The van der Waals surface area contributed by atoms with E-state index in [1.54, 1.807) is 48.5 Å². The van der Waals surface area contributed by atoms with Gasteiger partial charge in [-0.3, -0.25) is 9.59 Å². The van der Waals surface area contributed by atoms with Crippen molar-refractivity contribution < 1.29 is 68.7 Å². The molecule has 2 aromatic rings. The quantitative estimate of drug-likeness (QED) is 0.390. The molecule has 18 heavy (non-hydrogen) atoms. The first-order valence-corrected chi connectivity index (χ1v) is 5.06. The fourth-order valence-electron chi connectivity index (χ4n) is 2.05. The normalized spacial score (nSPS) is 11.8. The fraction of sp³-hybridized carbons (Fsp3) is 0. The van der Waals surface area contributed by atoms with Crippen LogP contribution in [-0.4, -0.2) is 11.6 Å². The summed E-state index contributed by atoms with van der Waals surface area (Å²) in [5, 5.41) is 0. The standard InChI is InChI=1S/C14H8O2.2Na/c15-13-9-5-1-2-6-10(9)14(16)12-8-4-3-7-11(12)13;;/h1-8H;;/q;2*+1. The minimum atomic E-state index is -0.0641. The Kier molecular flexibility index (Phi) is 5.53. The zero-order valence-electron chi connectivity index (χ0n) is 10.4. The average molecular weight is 254 g/mol. The molecule has 0 radical (unpaired) electrons. The molecule has 2 aromatic carbocycles. The van der Waals surface area contributed by atoms with E-state index in [0.717, 1.165) is 0 Å². The number of benzene rings is 2. The SMILES string of the molecule is O=C1c2ccccc2C(=O)c2ccccc21.[Na+].[Na+]. The fourth-order valence-corrected chi connectivity index (χ4v) is 2.05. The van der Waals surface area contributed by atoms with E-state index in [-0.39, 0.29) is 70.7 Å².